The Morgan fingerprint density at radius 2 is 2.00 bits per heavy atom. The lowest BCUT2D eigenvalue weighted by Crippen LogP contribution is -2.28. The van der Waals surface area contributed by atoms with Crippen LogP contribution in [0.4, 0.5) is 0 Å². The van der Waals surface area contributed by atoms with Gasteiger partial charge in [-0.15, -0.1) is 0 Å². The Morgan fingerprint density at radius 1 is 1.29 bits per heavy atom. The van der Waals surface area contributed by atoms with E-state index >= 15 is 0 Å². The smallest absolute Gasteiger partial charge is 0.0237 e. The quantitative estimate of drug-likeness (QED) is 0.693. The summed E-state index contributed by atoms with van der Waals surface area (Å²) < 4.78 is 0. The van der Waals surface area contributed by atoms with Crippen molar-refractivity contribution in [3.63, 3.8) is 0 Å². The van der Waals surface area contributed by atoms with Gasteiger partial charge in [0.1, 0.15) is 0 Å². The van der Waals surface area contributed by atoms with Gasteiger partial charge in [-0.3, -0.25) is 4.90 Å². The summed E-state index contributed by atoms with van der Waals surface area (Å²) in [7, 11) is 1.96. The molecule has 0 radical (unpaired) electrons. The van der Waals surface area contributed by atoms with Crippen molar-refractivity contribution in [3.8, 4) is 0 Å². The average Bonchev–Trinajstić information content (AvgIpc) is 2.31. The van der Waals surface area contributed by atoms with E-state index in [0.717, 1.165) is 26.2 Å². The molecule has 17 heavy (non-hydrogen) atoms. The van der Waals surface area contributed by atoms with E-state index in [2.05, 4.69) is 54.1 Å². The molecule has 0 bridgehead atoms. The first-order valence-corrected chi connectivity index (χ1v) is 6.33. The molecule has 0 heterocycles. The lowest BCUT2D eigenvalue weighted by Gasteiger charge is -2.23. The third-order valence-corrected chi connectivity index (χ3v) is 2.66. The summed E-state index contributed by atoms with van der Waals surface area (Å²) in [6.07, 6.45) is 1.18. The monoisotopic (exact) mass is 232 g/mol. The third-order valence-electron chi connectivity index (χ3n) is 2.66. The van der Waals surface area contributed by atoms with Crippen LogP contribution in [0.1, 0.15) is 18.9 Å². The van der Waals surface area contributed by atoms with Gasteiger partial charge in [-0.05, 0) is 31.1 Å². The molecule has 0 aliphatic rings. The maximum Gasteiger partial charge on any atom is 0.0237 e. The van der Waals surface area contributed by atoms with Gasteiger partial charge in [0.05, 0.1) is 0 Å². The van der Waals surface area contributed by atoms with Crippen molar-refractivity contribution < 1.29 is 0 Å². The molecular formula is C15H24N2. The third kappa shape index (κ3) is 5.66. The highest BCUT2D eigenvalue weighted by molar-refractivity contribution is 5.15. The van der Waals surface area contributed by atoms with E-state index in [9.17, 15) is 0 Å². The normalized spacial score (nSPS) is 10.8. The van der Waals surface area contributed by atoms with Crippen molar-refractivity contribution >= 4 is 0 Å². The van der Waals surface area contributed by atoms with Crippen LogP contribution in [0.15, 0.2) is 42.5 Å². The Bertz CT molecular complexity index is 319. The summed E-state index contributed by atoms with van der Waals surface area (Å²) in [4.78, 5) is 2.45. The molecule has 0 amide bonds. The fourth-order valence-corrected chi connectivity index (χ4v) is 1.99. The molecule has 0 aliphatic heterocycles. The molecule has 2 nitrogen and oxygen atoms in total. The highest BCUT2D eigenvalue weighted by atomic mass is 15.1. The van der Waals surface area contributed by atoms with E-state index in [1.807, 2.05) is 7.05 Å². The van der Waals surface area contributed by atoms with Crippen LogP contribution in [0.2, 0.25) is 0 Å². The predicted molar refractivity (Wildman–Crippen MR) is 75.1 cm³/mol. The highest BCUT2D eigenvalue weighted by Crippen LogP contribution is 2.07. The number of hydrogen-bond donors (Lipinski definition) is 1. The summed E-state index contributed by atoms with van der Waals surface area (Å²) in [6.45, 7) is 10.3. The van der Waals surface area contributed by atoms with Gasteiger partial charge in [-0.25, -0.2) is 0 Å². The molecule has 0 spiro atoms. The Labute approximate surface area is 105 Å². The van der Waals surface area contributed by atoms with Crippen LogP contribution >= 0.6 is 0 Å². The maximum absolute atomic E-state index is 4.10. The minimum Gasteiger partial charge on any atom is -0.316 e. The molecule has 1 rings (SSSR count). The van der Waals surface area contributed by atoms with Crippen LogP contribution in [0.25, 0.3) is 0 Å². The first-order chi connectivity index (χ1) is 8.26. The van der Waals surface area contributed by atoms with E-state index in [1.165, 1.54) is 17.6 Å². The van der Waals surface area contributed by atoms with E-state index in [0.29, 0.717) is 0 Å². The Balaban J connectivity index is 2.51. The van der Waals surface area contributed by atoms with Crippen molar-refractivity contribution in [2.45, 2.75) is 19.9 Å². The first kappa shape index (κ1) is 13.9. The van der Waals surface area contributed by atoms with Crippen molar-refractivity contribution in [1.29, 1.82) is 0 Å². The number of hydrogen-bond acceptors (Lipinski definition) is 2. The minimum atomic E-state index is 0.898. The first-order valence-electron chi connectivity index (χ1n) is 6.33. The van der Waals surface area contributed by atoms with E-state index in [1.54, 1.807) is 0 Å². The summed E-state index contributed by atoms with van der Waals surface area (Å²) >= 11 is 0. The molecule has 1 aromatic rings. The number of nitrogens with zero attached hydrogens (tertiary/aromatic N) is 1. The molecule has 2 heteroatoms. The molecule has 0 fully saturated rings. The summed E-state index contributed by atoms with van der Waals surface area (Å²) in [6, 6.07) is 10.6. The van der Waals surface area contributed by atoms with E-state index in [-0.39, 0.29) is 0 Å². The second kappa shape index (κ2) is 8.04. The fraction of sp³-hybridized carbons (Fsp3) is 0.467. The summed E-state index contributed by atoms with van der Waals surface area (Å²) in [5.41, 5.74) is 2.62. The van der Waals surface area contributed by atoms with Crippen molar-refractivity contribution in [1.82, 2.24) is 10.2 Å². The Kier molecular flexibility index (Phi) is 6.60. The number of nitrogens with one attached hydrogen (secondary N) is 1. The molecule has 0 aliphatic carbocycles. The molecular weight excluding hydrogens is 208 g/mol. The summed E-state index contributed by atoms with van der Waals surface area (Å²) in [5, 5.41) is 3.15. The van der Waals surface area contributed by atoms with Gasteiger partial charge in [-0.2, -0.15) is 0 Å². The van der Waals surface area contributed by atoms with Gasteiger partial charge in [-0.1, -0.05) is 43.8 Å². The molecule has 0 saturated heterocycles. The van der Waals surface area contributed by atoms with Crippen molar-refractivity contribution in [3.05, 3.63) is 48.0 Å². The van der Waals surface area contributed by atoms with Crippen LogP contribution in [0.5, 0.6) is 0 Å². The molecule has 94 valence electrons. The lowest BCUT2D eigenvalue weighted by molar-refractivity contribution is 0.287. The summed E-state index contributed by atoms with van der Waals surface area (Å²) in [5.74, 6) is 0. The predicted octanol–water partition coefficient (Wildman–Crippen LogP) is 2.67. The van der Waals surface area contributed by atoms with Crippen LogP contribution in [-0.4, -0.2) is 31.6 Å². The number of likely N-dealkylation sites (N-methyl/N-ethyl adjacent to an activating group) is 1. The zero-order valence-electron chi connectivity index (χ0n) is 11.1. The largest absolute Gasteiger partial charge is 0.316 e. The zero-order valence-corrected chi connectivity index (χ0v) is 11.1. The van der Waals surface area contributed by atoms with E-state index < -0.39 is 0 Å². The van der Waals surface area contributed by atoms with Gasteiger partial charge >= 0.3 is 0 Å². The molecule has 0 saturated carbocycles. The standard InChI is InChI=1S/C15H24N2/c1-4-10-17(12-14(2)11-16-3)13-15-8-6-5-7-9-15/h5-9,16H,2,4,10-13H2,1,3H3. The molecule has 1 N–H and O–H groups in total. The zero-order chi connectivity index (χ0) is 12.5. The van der Waals surface area contributed by atoms with E-state index in [4.69, 9.17) is 0 Å². The lowest BCUT2D eigenvalue weighted by atomic mass is 10.2. The van der Waals surface area contributed by atoms with Crippen LogP contribution < -0.4 is 5.32 Å². The molecule has 0 atom stereocenters. The Morgan fingerprint density at radius 3 is 2.59 bits per heavy atom. The number of rotatable bonds is 8. The maximum atomic E-state index is 4.10. The van der Waals surface area contributed by atoms with Crippen LogP contribution in [-0.2, 0) is 6.54 Å². The van der Waals surface area contributed by atoms with Gasteiger partial charge in [0.25, 0.3) is 0 Å². The topological polar surface area (TPSA) is 15.3 Å². The number of benzene rings is 1. The van der Waals surface area contributed by atoms with Crippen LogP contribution in [0, 0.1) is 0 Å². The second-order valence-electron chi connectivity index (χ2n) is 4.48. The molecule has 0 aromatic heterocycles. The minimum absolute atomic E-state index is 0.898. The average molecular weight is 232 g/mol. The van der Waals surface area contributed by atoms with Crippen LogP contribution in [0.3, 0.4) is 0 Å². The molecule has 0 unspecified atom stereocenters. The Hall–Kier alpha value is -1.12. The SMILES string of the molecule is C=C(CNC)CN(CCC)Cc1ccccc1. The van der Waals surface area contributed by atoms with Gasteiger partial charge < -0.3 is 5.32 Å². The molecule has 1 aromatic carbocycles. The highest BCUT2D eigenvalue weighted by Gasteiger charge is 2.06. The van der Waals surface area contributed by atoms with Gasteiger partial charge in [0, 0.05) is 19.6 Å². The van der Waals surface area contributed by atoms with Crippen molar-refractivity contribution in [2.75, 3.05) is 26.7 Å². The van der Waals surface area contributed by atoms with Gasteiger partial charge in [0.2, 0.25) is 0 Å². The van der Waals surface area contributed by atoms with Gasteiger partial charge in [0.15, 0.2) is 0 Å². The fourth-order valence-electron chi connectivity index (χ4n) is 1.99. The van der Waals surface area contributed by atoms with Crippen molar-refractivity contribution in [2.24, 2.45) is 0 Å². The second-order valence-corrected chi connectivity index (χ2v) is 4.48.